The van der Waals surface area contributed by atoms with Crippen molar-refractivity contribution in [2.24, 2.45) is 0 Å². The van der Waals surface area contributed by atoms with Crippen molar-refractivity contribution in [1.29, 1.82) is 0 Å². The first-order valence-electron chi connectivity index (χ1n) is 6.38. The zero-order chi connectivity index (χ0) is 13.8. The second-order valence-corrected chi connectivity index (χ2v) is 4.56. The van der Waals surface area contributed by atoms with Crippen molar-refractivity contribution in [3.8, 4) is 0 Å². The molecule has 19 heavy (non-hydrogen) atoms. The van der Waals surface area contributed by atoms with E-state index in [1.165, 1.54) is 0 Å². The quantitative estimate of drug-likeness (QED) is 0.847. The molecule has 2 rings (SSSR count). The van der Waals surface area contributed by atoms with Gasteiger partial charge >= 0.3 is 0 Å². The summed E-state index contributed by atoms with van der Waals surface area (Å²) in [7, 11) is 1.79. The molecule has 0 aliphatic carbocycles. The monoisotopic (exact) mass is 258 g/mol. The van der Waals surface area contributed by atoms with Crippen molar-refractivity contribution in [1.82, 2.24) is 10.1 Å². The lowest BCUT2D eigenvalue weighted by Crippen LogP contribution is -2.27. The van der Waals surface area contributed by atoms with Crippen molar-refractivity contribution >= 4 is 5.91 Å². The zero-order valence-electron chi connectivity index (χ0n) is 11.5. The molecule has 0 N–H and O–H groups in total. The number of amides is 1. The van der Waals surface area contributed by atoms with Crippen LogP contribution in [0, 0.1) is 6.92 Å². The summed E-state index contributed by atoms with van der Waals surface area (Å²) in [5, 5.41) is 3.92. The number of aryl methyl sites for hydroxylation is 2. The summed E-state index contributed by atoms with van der Waals surface area (Å²) in [6.07, 6.45) is 0.692. The maximum atomic E-state index is 12.4. The van der Waals surface area contributed by atoms with Crippen LogP contribution in [0.1, 0.15) is 34.3 Å². The van der Waals surface area contributed by atoms with Gasteiger partial charge in [0.25, 0.3) is 5.91 Å². The summed E-state index contributed by atoms with van der Waals surface area (Å²) in [4.78, 5) is 14.1. The molecule has 1 aromatic carbocycles. The number of carbonyl (C=O) groups is 1. The molecule has 1 amide bonds. The first kappa shape index (κ1) is 13.3. The SMILES string of the molecule is CCc1noc(C)c1C(=O)N(C)Cc1ccccc1. The molecule has 0 spiro atoms. The van der Waals surface area contributed by atoms with E-state index in [9.17, 15) is 4.79 Å². The van der Waals surface area contributed by atoms with Gasteiger partial charge in [0.05, 0.1) is 5.69 Å². The molecule has 2 aromatic rings. The van der Waals surface area contributed by atoms with Crippen molar-refractivity contribution in [2.45, 2.75) is 26.8 Å². The van der Waals surface area contributed by atoms with Gasteiger partial charge in [0.1, 0.15) is 11.3 Å². The standard InChI is InChI=1S/C15H18N2O2/c1-4-13-14(11(2)19-16-13)15(18)17(3)10-12-8-6-5-7-9-12/h5-9H,4,10H2,1-3H3. The van der Waals surface area contributed by atoms with Crippen LogP contribution >= 0.6 is 0 Å². The third-order valence-electron chi connectivity index (χ3n) is 3.09. The van der Waals surface area contributed by atoms with E-state index in [2.05, 4.69) is 5.16 Å². The van der Waals surface area contributed by atoms with E-state index >= 15 is 0 Å². The van der Waals surface area contributed by atoms with E-state index in [0.29, 0.717) is 24.3 Å². The highest BCUT2D eigenvalue weighted by atomic mass is 16.5. The van der Waals surface area contributed by atoms with E-state index in [0.717, 1.165) is 11.3 Å². The van der Waals surface area contributed by atoms with Crippen LogP contribution in [-0.4, -0.2) is 23.0 Å². The Morgan fingerprint density at radius 1 is 1.32 bits per heavy atom. The van der Waals surface area contributed by atoms with Gasteiger partial charge in [-0.3, -0.25) is 4.79 Å². The van der Waals surface area contributed by atoms with Crippen LogP contribution in [0.3, 0.4) is 0 Å². The molecule has 1 heterocycles. The van der Waals surface area contributed by atoms with Crippen molar-refractivity contribution in [3.63, 3.8) is 0 Å². The lowest BCUT2D eigenvalue weighted by molar-refractivity contribution is 0.0782. The maximum Gasteiger partial charge on any atom is 0.259 e. The molecule has 0 saturated heterocycles. The van der Waals surface area contributed by atoms with Gasteiger partial charge in [-0.1, -0.05) is 42.4 Å². The summed E-state index contributed by atoms with van der Waals surface area (Å²) < 4.78 is 5.11. The van der Waals surface area contributed by atoms with E-state index < -0.39 is 0 Å². The predicted molar refractivity (Wildman–Crippen MR) is 72.9 cm³/mol. The van der Waals surface area contributed by atoms with Crippen molar-refractivity contribution in [2.75, 3.05) is 7.05 Å². The van der Waals surface area contributed by atoms with Gasteiger partial charge in [-0.05, 0) is 18.9 Å². The molecule has 0 fully saturated rings. The maximum absolute atomic E-state index is 12.4. The smallest absolute Gasteiger partial charge is 0.259 e. The number of nitrogens with zero attached hydrogens (tertiary/aromatic N) is 2. The zero-order valence-corrected chi connectivity index (χ0v) is 11.5. The Balaban J connectivity index is 2.17. The number of hydrogen-bond donors (Lipinski definition) is 0. The van der Waals surface area contributed by atoms with Gasteiger partial charge in [-0.15, -0.1) is 0 Å². The van der Waals surface area contributed by atoms with Crippen LogP contribution in [0.25, 0.3) is 0 Å². The van der Waals surface area contributed by atoms with Crippen molar-refractivity contribution < 1.29 is 9.32 Å². The Morgan fingerprint density at radius 2 is 2.00 bits per heavy atom. The molecule has 0 aliphatic rings. The lowest BCUT2D eigenvalue weighted by atomic mass is 10.1. The fraction of sp³-hybridized carbons (Fsp3) is 0.333. The van der Waals surface area contributed by atoms with E-state index in [-0.39, 0.29) is 5.91 Å². The minimum atomic E-state index is -0.0422. The highest BCUT2D eigenvalue weighted by molar-refractivity contribution is 5.96. The molecule has 1 aromatic heterocycles. The van der Waals surface area contributed by atoms with Gasteiger partial charge in [0, 0.05) is 13.6 Å². The van der Waals surface area contributed by atoms with Gasteiger partial charge in [-0.2, -0.15) is 0 Å². The molecule has 0 radical (unpaired) electrons. The minimum Gasteiger partial charge on any atom is -0.361 e. The van der Waals surface area contributed by atoms with Gasteiger partial charge in [0.2, 0.25) is 0 Å². The summed E-state index contributed by atoms with van der Waals surface area (Å²) >= 11 is 0. The van der Waals surface area contributed by atoms with E-state index in [1.807, 2.05) is 37.3 Å². The molecule has 0 unspecified atom stereocenters. The van der Waals surface area contributed by atoms with E-state index in [4.69, 9.17) is 4.52 Å². The third kappa shape index (κ3) is 2.84. The Kier molecular flexibility index (Phi) is 4.00. The number of benzene rings is 1. The van der Waals surface area contributed by atoms with Gasteiger partial charge in [0.15, 0.2) is 0 Å². The fourth-order valence-corrected chi connectivity index (χ4v) is 2.05. The predicted octanol–water partition coefficient (Wildman–Crippen LogP) is 2.82. The average molecular weight is 258 g/mol. The molecule has 0 bridgehead atoms. The summed E-state index contributed by atoms with van der Waals surface area (Å²) in [6.45, 7) is 4.31. The second-order valence-electron chi connectivity index (χ2n) is 4.56. The molecule has 4 nitrogen and oxygen atoms in total. The third-order valence-corrected chi connectivity index (χ3v) is 3.09. The lowest BCUT2D eigenvalue weighted by Gasteiger charge is -2.17. The molecular formula is C15H18N2O2. The second kappa shape index (κ2) is 5.69. The summed E-state index contributed by atoms with van der Waals surface area (Å²) in [5.74, 6) is 0.543. The minimum absolute atomic E-state index is 0.0422. The highest BCUT2D eigenvalue weighted by Crippen LogP contribution is 2.17. The first-order chi connectivity index (χ1) is 9.13. The largest absolute Gasteiger partial charge is 0.361 e. The molecule has 4 heteroatoms. The Bertz CT molecular complexity index is 561. The number of rotatable bonds is 4. The molecule has 0 aliphatic heterocycles. The average Bonchev–Trinajstić information content (AvgIpc) is 2.80. The topological polar surface area (TPSA) is 46.3 Å². The molecule has 0 saturated carbocycles. The first-order valence-corrected chi connectivity index (χ1v) is 6.38. The van der Waals surface area contributed by atoms with Crippen LogP contribution in [0.2, 0.25) is 0 Å². The van der Waals surface area contributed by atoms with Gasteiger partial charge < -0.3 is 9.42 Å². The van der Waals surface area contributed by atoms with Crippen LogP contribution < -0.4 is 0 Å². The van der Waals surface area contributed by atoms with Crippen molar-refractivity contribution in [3.05, 3.63) is 52.9 Å². The highest BCUT2D eigenvalue weighted by Gasteiger charge is 2.22. The Labute approximate surface area is 113 Å². The number of aromatic nitrogens is 1. The molecule has 0 atom stereocenters. The summed E-state index contributed by atoms with van der Waals surface area (Å²) in [5.41, 5.74) is 2.42. The fourth-order valence-electron chi connectivity index (χ4n) is 2.05. The van der Waals surface area contributed by atoms with Gasteiger partial charge in [-0.25, -0.2) is 0 Å². The van der Waals surface area contributed by atoms with Crippen LogP contribution in [-0.2, 0) is 13.0 Å². The normalized spacial score (nSPS) is 10.5. The molecular weight excluding hydrogens is 240 g/mol. The molecule has 100 valence electrons. The number of carbonyl (C=O) groups excluding carboxylic acids is 1. The summed E-state index contributed by atoms with van der Waals surface area (Å²) in [6, 6.07) is 9.91. The Hall–Kier alpha value is -2.10. The Morgan fingerprint density at radius 3 is 2.63 bits per heavy atom. The number of hydrogen-bond acceptors (Lipinski definition) is 3. The van der Waals surface area contributed by atoms with Crippen LogP contribution in [0.4, 0.5) is 0 Å². The van der Waals surface area contributed by atoms with Crippen LogP contribution in [0.15, 0.2) is 34.9 Å². The van der Waals surface area contributed by atoms with E-state index in [1.54, 1.807) is 18.9 Å². The van der Waals surface area contributed by atoms with Crippen LogP contribution in [0.5, 0.6) is 0 Å².